The van der Waals surface area contributed by atoms with E-state index in [0.29, 0.717) is 5.92 Å². The molecule has 0 spiro atoms. The predicted octanol–water partition coefficient (Wildman–Crippen LogP) is 4.55. The Hall–Kier alpha value is -1.17. The Bertz CT molecular complexity index is 581. The highest BCUT2D eigenvalue weighted by Gasteiger charge is 2.11. The number of anilines is 1. The van der Waals surface area contributed by atoms with Crippen molar-refractivity contribution < 1.29 is 0 Å². The van der Waals surface area contributed by atoms with Crippen LogP contribution >= 0.6 is 22.6 Å². The SMILES string of the molecule is CCc1nc(-c2ccc(CC(C)C)cc2)nc(NC)c1I. The fraction of sp³-hybridized carbons (Fsp3) is 0.412. The molecule has 0 saturated carbocycles. The summed E-state index contributed by atoms with van der Waals surface area (Å²) in [4.78, 5) is 9.33. The third-order valence-corrected chi connectivity index (χ3v) is 4.48. The van der Waals surface area contributed by atoms with Crippen LogP contribution < -0.4 is 5.32 Å². The summed E-state index contributed by atoms with van der Waals surface area (Å²) in [6.07, 6.45) is 2.02. The van der Waals surface area contributed by atoms with Gasteiger partial charge in [0.05, 0.1) is 9.26 Å². The molecule has 1 N–H and O–H groups in total. The molecule has 0 radical (unpaired) electrons. The van der Waals surface area contributed by atoms with Crippen molar-refractivity contribution in [2.45, 2.75) is 33.6 Å². The number of nitrogens with zero attached hydrogens (tertiary/aromatic N) is 2. The van der Waals surface area contributed by atoms with Gasteiger partial charge in [0.1, 0.15) is 5.82 Å². The summed E-state index contributed by atoms with van der Waals surface area (Å²) < 4.78 is 1.11. The number of nitrogens with one attached hydrogen (secondary N) is 1. The number of rotatable bonds is 5. The van der Waals surface area contributed by atoms with Gasteiger partial charge >= 0.3 is 0 Å². The van der Waals surface area contributed by atoms with Crippen LogP contribution in [0.5, 0.6) is 0 Å². The molecule has 2 rings (SSSR count). The summed E-state index contributed by atoms with van der Waals surface area (Å²) in [5.41, 5.74) is 3.53. The lowest BCUT2D eigenvalue weighted by Gasteiger charge is -2.11. The molecular weight excluding hydrogens is 373 g/mol. The molecule has 0 bridgehead atoms. The van der Waals surface area contributed by atoms with Crippen LogP contribution in [0.4, 0.5) is 5.82 Å². The molecule has 4 heteroatoms. The molecule has 3 nitrogen and oxygen atoms in total. The van der Waals surface area contributed by atoms with Crippen molar-refractivity contribution in [3.63, 3.8) is 0 Å². The third kappa shape index (κ3) is 3.93. The lowest BCUT2D eigenvalue weighted by molar-refractivity contribution is 0.647. The van der Waals surface area contributed by atoms with Gasteiger partial charge in [-0.2, -0.15) is 0 Å². The Balaban J connectivity index is 2.37. The van der Waals surface area contributed by atoms with Gasteiger partial charge in [0.15, 0.2) is 5.82 Å². The molecule has 1 aromatic heterocycles. The minimum Gasteiger partial charge on any atom is -0.372 e. The van der Waals surface area contributed by atoms with Gasteiger partial charge in [0, 0.05) is 12.6 Å². The summed E-state index contributed by atoms with van der Waals surface area (Å²) in [5.74, 6) is 2.38. The average Bonchev–Trinajstić information content (AvgIpc) is 2.48. The largest absolute Gasteiger partial charge is 0.372 e. The lowest BCUT2D eigenvalue weighted by atomic mass is 10.0. The molecule has 0 aliphatic rings. The molecule has 0 amide bonds. The molecule has 21 heavy (non-hydrogen) atoms. The van der Waals surface area contributed by atoms with Crippen molar-refractivity contribution in [3.8, 4) is 11.4 Å². The van der Waals surface area contributed by atoms with Gasteiger partial charge in [0.25, 0.3) is 0 Å². The number of hydrogen-bond acceptors (Lipinski definition) is 3. The van der Waals surface area contributed by atoms with E-state index in [9.17, 15) is 0 Å². The highest BCUT2D eigenvalue weighted by molar-refractivity contribution is 14.1. The Morgan fingerprint density at radius 1 is 1.14 bits per heavy atom. The Morgan fingerprint density at radius 3 is 2.33 bits per heavy atom. The zero-order chi connectivity index (χ0) is 15.4. The van der Waals surface area contributed by atoms with Crippen LogP contribution in [0.1, 0.15) is 32.0 Å². The molecule has 1 heterocycles. The normalized spacial score (nSPS) is 11.0. The van der Waals surface area contributed by atoms with Gasteiger partial charge < -0.3 is 5.32 Å². The second kappa shape index (κ2) is 7.20. The smallest absolute Gasteiger partial charge is 0.161 e. The minimum absolute atomic E-state index is 0.674. The topological polar surface area (TPSA) is 37.8 Å². The van der Waals surface area contributed by atoms with Crippen LogP contribution in [0.3, 0.4) is 0 Å². The standard InChI is InChI=1S/C17H22IN3/c1-5-14-15(18)17(19-4)21-16(20-14)13-8-6-12(7-9-13)10-11(2)3/h6-9,11H,5,10H2,1-4H3,(H,19,20,21). The Morgan fingerprint density at radius 2 is 1.81 bits per heavy atom. The Labute approximate surface area is 140 Å². The zero-order valence-corrected chi connectivity index (χ0v) is 15.2. The highest BCUT2D eigenvalue weighted by atomic mass is 127. The summed E-state index contributed by atoms with van der Waals surface area (Å²) in [6.45, 7) is 6.60. The van der Waals surface area contributed by atoms with E-state index in [1.54, 1.807) is 0 Å². The number of benzene rings is 1. The van der Waals surface area contributed by atoms with Gasteiger partial charge in [-0.1, -0.05) is 45.0 Å². The van der Waals surface area contributed by atoms with Crippen molar-refractivity contribution in [3.05, 3.63) is 39.1 Å². The molecule has 112 valence electrons. The van der Waals surface area contributed by atoms with Crippen LogP contribution in [-0.4, -0.2) is 17.0 Å². The summed E-state index contributed by atoms with van der Waals surface area (Å²) >= 11 is 2.31. The van der Waals surface area contributed by atoms with Crippen LogP contribution in [0.2, 0.25) is 0 Å². The molecule has 2 aromatic rings. The molecule has 0 fully saturated rings. The molecule has 0 unspecified atom stereocenters. The monoisotopic (exact) mass is 395 g/mol. The number of halogens is 1. The van der Waals surface area contributed by atoms with Crippen molar-refractivity contribution in [2.24, 2.45) is 5.92 Å². The lowest BCUT2D eigenvalue weighted by Crippen LogP contribution is -2.04. The first kappa shape index (κ1) is 16.2. The van der Waals surface area contributed by atoms with E-state index >= 15 is 0 Å². The summed E-state index contributed by atoms with van der Waals surface area (Å²) in [6, 6.07) is 8.61. The molecular formula is C17H22IN3. The fourth-order valence-electron chi connectivity index (χ4n) is 2.28. The first-order valence-electron chi connectivity index (χ1n) is 7.38. The van der Waals surface area contributed by atoms with Gasteiger partial charge in [-0.3, -0.25) is 0 Å². The molecule has 0 atom stereocenters. The molecule has 0 aliphatic heterocycles. The van der Waals surface area contributed by atoms with Crippen molar-refractivity contribution in [1.29, 1.82) is 0 Å². The van der Waals surface area contributed by atoms with Crippen LogP contribution in [0, 0.1) is 9.49 Å². The van der Waals surface area contributed by atoms with E-state index in [1.165, 1.54) is 5.56 Å². The minimum atomic E-state index is 0.674. The van der Waals surface area contributed by atoms with Crippen LogP contribution in [0.15, 0.2) is 24.3 Å². The first-order chi connectivity index (χ1) is 10.0. The van der Waals surface area contributed by atoms with Crippen molar-refractivity contribution >= 4 is 28.4 Å². The van der Waals surface area contributed by atoms with Gasteiger partial charge in [-0.25, -0.2) is 9.97 Å². The van der Waals surface area contributed by atoms with E-state index in [1.807, 2.05) is 7.05 Å². The predicted molar refractivity (Wildman–Crippen MR) is 97.7 cm³/mol. The maximum absolute atomic E-state index is 4.70. The quantitative estimate of drug-likeness (QED) is 0.755. The van der Waals surface area contributed by atoms with Crippen LogP contribution in [0.25, 0.3) is 11.4 Å². The molecule has 0 aliphatic carbocycles. The second-order valence-electron chi connectivity index (χ2n) is 5.55. The van der Waals surface area contributed by atoms with Gasteiger partial charge in [0.2, 0.25) is 0 Å². The summed E-state index contributed by atoms with van der Waals surface area (Å²) in [7, 11) is 1.90. The summed E-state index contributed by atoms with van der Waals surface area (Å²) in [5, 5.41) is 3.16. The van der Waals surface area contributed by atoms with Crippen LogP contribution in [-0.2, 0) is 12.8 Å². The van der Waals surface area contributed by atoms with Gasteiger partial charge in [-0.05, 0) is 46.9 Å². The second-order valence-corrected chi connectivity index (χ2v) is 6.63. The third-order valence-electron chi connectivity index (χ3n) is 3.35. The van der Waals surface area contributed by atoms with E-state index < -0.39 is 0 Å². The van der Waals surface area contributed by atoms with Crippen molar-refractivity contribution in [1.82, 2.24) is 9.97 Å². The van der Waals surface area contributed by atoms with E-state index in [-0.39, 0.29) is 0 Å². The maximum Gasteiger partial charge on any atom is 0.161 e. The average molecular weight is 395 g/mol. The molecule has 0 saturated heterocycles. The maximum atomic E-state index is 4.70. The zero-order valence-electron chi connectivity index (χ0n) is 13.1. The number of hydrogen-bond donors (Lipinski definition) is 1. The van der Waals surface area contributed by atoms with E-state index in [0.717, 1.165) is 39.3 Å². The highest BCUT2D eigenvalue weighted by Crippen LogP contribution is 2.24. The molecule has 1 aromatic carbocycles. The fourth-order valence-corrected chi connectivity index (χ4v) is 3.18. The van der Waals surface area contributed by atoms with Crippen molar-refractivity contribution in [2.75, 3.05) is 12.4 Å². The first-order valence-corrected chi connectivity index (χ1v) is 8.46. The van der Waals surface area contributed by atoms with E-state index in [2.05, 4.69) is 77.9 Å². The number of aromatic nitrogens is 2. The Kier molecular flexibility index (Phi) is 5.56. The van der Waals surface area contributed by atoms with E-state index in [4.69, 9.17) is 4.98 Å². The van der Waals surface area contributed by atoms with Gasteiger partial charge in [-0.15, -0.1) is 0 Å². The number of aryl methyl sites for hydroxylation is 1.